The molecule has 15 heavy (non-hydrogen) atoms. The highest BCUT2D eigenvalue weighted by Crippen LogP contribution is 2.21. The number of nitrogens with zero attached hydrogens (tertiary/aromatic N) is 1. The third-order valence-electron chi connectivity index (χ3n) is 2.84. The van der Waals surface area contributed by atoms with Gasteiger partial charge in [-0.2, -0.15) is 0 Å². The number of aliphatic imine (C=N–C) groups is 1. The largest absolute Gasteiger partial charge is 0.258 e. The summed E-state index contributed by atoms with van der Waals surface area (Å²) >= 11 is 0. The maximum absolute atomic E-state index is 4.65. The van der Waals surface area contributed by atoms with Crippen LogP contribution in [-0.4, -0.2) is 5.71 Å². The summed E-state index contributed by atoms with van der Waals surface area (Å²) in [6, 6.07) is 8.60. The minimum absolute atomic E-state index is 0.537. The fourth-order valence-corrected chi connectivity index (χ4v) is 1.96. The number of hydrogen-bond acceptors (Lipinski definition) is 1. The number of allylic oxidation sites excluding steroid dienone is 2. The Morgan fingerprint density at radius 1 is 1.27 bits per heavy atom. The zero-order valence-electron chi connectivity index (χ0n) is 9.62. The van der Waals surface area contributed by atoms with Crippen LogP contribution in [0.2, 0.25) is 0 Å². The summed E-state index contributed by atoms with van der Waals surface area (Å²) in [7, 11) is 0. The van der Waals surface area contributed by atoms with E-state index in [1.165, 1.54) is 16.8 Å². The number of aryl methyl sites for hydroxylation is 1. The molecule has 1 aliphatic rings. The van der Waals surface area contributed by atoms with Crippen LogP contribution in [0.25, 0.3) is 0 Å². The highest BCUT2D eigenvalue weighted by Gasteiger charge is 2.15. The van der Waals surface area contributed by atoms with Gasteiger partial charge in [0.15, 0.2) is 0 Å². The summed E-state index contributed by atoms with van der Waals surface area (Å²) in [5.41, 5.74) is 4.95. The smallest absolute Gasteiger partial charge is 0.0510 e. The van der Waals surface area contributed by atoms with E-state index in [9.17, 15) is 0 Å². The second-order valence-electron chi connectivity index (χ2n) is 4.35. The predicted molar refractivity (Wildman–Crippen MR) is 65.3 cm³/mol. The zero-order chi connectivity index (χ0) is 10.8. The molecule has 78 valence electrons. The summed E-state index contributed by atoms with van der Waals surface area (Å²) < 4.78 is 0. The first-order valence-corrected chi connectivity index (χ1v) is 5.49. The fraction of sp³-hybridized carbons (Fsp3) is 0.357. The van der Waals surface area contributed by atoms with Crippen LogP contribution in [0.3, 0.4) is 0 Å². The summed E-state index contributed by atoms with van der Waals surface area (Å²) in [6.07, 6.45) is 3.32. The van der Waals surface area contributed by atoms with Crippen molar-refractivity contribution in [3.8, 4) is 0 Å². The van der Waals surface area contributed by atoms with Gasteiger partial charge in [0.1, 0.15) is 0 Å². The molecule has 2 rings (SSSR count). The van der Waals surface area contributed by atoms with Gasteiger partial charge >= 0.3 is 0 Å². The third kappa shape index (κ3) is 2.17. The van der Waals surface area contributed by atoms with Crippen LogP contribution in [0.4, 0.5) is 0 Å². The first-order valence-electron chi connectivity index (χ1n) is 5.49. The lowest BCUT2D eigenvalue weighted by atomic mass is 9.92. The molecule has 0 fully saturated rings. The Kier molecular flexibility index (Phi) is 2.72. The van der Waals surface area contributed by atoms with Gasteiger partial charge in [0, 0.05) is 11.6 Å². The van der Waals surface area contributed by atoms with Gasteiger partial charge in [-0.05, 0) is 25.8 Å². The van der Waals surface area contributed by atoms with E-state index in [-0.39, 0.29) is 0 Å². The molecule has 0 saturated heterocycles. The minimum atomic E-state index is 0.537. The van der Waals surface area contributed by atoms with E-state index in [4.69, 9.17) is 0 Å². The maximum atomic E-state index is 4.65. The SMILES string of the molecule is CC1=CCC(C)C(c2cccc(C)c2)=N1. The Bertz CT molecular complexity index is 427. The van der Waals surface area contributed by atoms with Crippen molar-refractivity contribution in [3.63, 3.8) is 0 Å². The Labute approximate surface area is 91.6 Å². The van der Waals surface area contributed by atoms with Gasteiger partial charge in [0.05, 0.1) is 5.71 Å². The molecule has 0 aromatic heterocycles. The van der Waals surface area contributed by atoms with Crippen LogP contribution < -0.4 is 0 Å². The molecule has 1 heteroatoms. The van der Waals surface area contributed by atoms with Crippen LogP contribution in [0.5, 0.6) is 0 Å². The van der Waals surface area contributed by atoms with Gasteiger partial charge in [-0.1, -0.05) is 42.8 Å². The first-order chi connectivity index (χ1) is 7.16. The van der Waals surface area contributed by atoms with E-state index in [1.807, 2.05) is 0 Å². The van der Waals surface area contributed by atoms with Crippen molar-refractivity contribution in [1.82, 2.24) is 0 Å². The Morgan fingerprint density at radius 3 is 2.80 bits per heavy atom. The van der Waals surface area contributed by atoms with Crippen molar-refractivity contribution in [3.05, 3.63) is 47.2 Å². The van der Waals surface area contributed by atoms with Crippen LogP contribution in [0.1, 0.15) is 31.4 Å². The number of hydrogen-bond donors (Lipinski definition) is 0. The average molecular weight is 199 g/mol. The molecule has 1 nitrogen and oxygen atoms in total. The van der Waals surface area contributed by atoms with Crippen LogP contribution in [0.15, 0.2) is 41.0 Å². The molecule has 1 aromatic rings. The molecular weight excluding hydrogens is 182 g/mol. The lowest BCUT2D eigenvalue weighted by Gasteiger charge is -2.18. The summed E-state index contributed by atoms with van der Waals surface area (Å²) in [5.74, 6) is 0.537. The van der Waals surface area contributed by atoms with E-state index < -0.39 is 0 Å². The highest BCUT2D eigenvalue weighted by atomic mass is 14.8. The Balaban J connectivity index is 2.41. The van der Waals surface area contributed by atoms with Gasteiger partial charge in [0.25, 0.3) is 0 Å². The highest BCUT2D eigenvalue weighted by molar-refractivity contribution is 6.03. The standard InChI is InChI=1S/C14H17N/c1-10-5-4-6-13(9-10)14-11(2)7-8-12(3)15-14/h4-6,8-9,11H,7H2,1-3H3. The maximum Gasteiger partial charge on any atom is 0.0510 e. The normalized spacial score (nSPS) is 20.9. The van der Waals surface area contributed by atoms with Crippen LogP contribution in [-0.2, 0) is 0 Å². The molecular formula is C14H17N. The van der Waals surface area contributed by atoms with Crippen LogP contribution >= 0.6 is 0 Å². The third-order valence-corrected chi connectivity index (χ3v) is 2.84. The minimum Gasteiger partial charge on any atom is -0.258 e. The van der Waals surface area contributed by atoms with E-state index in [0.717, 1.165) is 12.1 Å². The molecule has 1 unspecified atom stereocenters. The lowest BCUT2D eigenvalue weighted by molar-refractivity contribution is 0.767. The van der Waals surface area contributed by atoms with Crippen molar-refractivity contribution < 1.29 is 0 Å². The molecule has 0 spiro atoms. The Morgan fingerprint density at radius 2 is 2.07 bits per heavy atom. The van der Waals surface area contributed by atoms with E-state index in [0.29, 0.717) is 5.92 Å². The Hall–Kier alpha value is -1.37. The van der Waals surface area contributed by atoms with Crippen LogP contribution in [0, 0.1) is 12.8 Å². The second-order valence-corrected chi connectivity index (χ2v) is 4.35. The van der Waals surface area contributed by atoms with Crippen molar-refractivity contribution in [2.24, 2.45) is 10.9 Å². The zero-order valence-corrected chi connectivity index (χ0v) is 9.62. The van der Waals surface area contributed by atoms with Gasteiger partial charge in [0.2, 0.25) is 0 Å². The van der Waals surface area contributed by atoms with Gasteiger partial charge in [-0.25, -0.2) is 0 Å². The second kappa shape index (κ2) is 4.01. The van der Waals surface area contributed by atoms with Crippen molar-refractivity contribution >= 4 is 5.71 Å². The van der Waals surface area contributed by atoms with Crippen molar-refractivity contribution in [1.29, 1.82) is 0 Å². The van der Waals surface area contributed by atoms with E-state index in [2.05, 4.69) is 56.1 Å². The molecule has 0 aliphatic carbocycles. The fourth-order valence-electron chi connectivity index (χ4n) is 1.96. The topological polar surface area (TPSA) is 12.4 Å². The molecule has 0 radical (unpaired) electrons. The molecule has 0 saturated carbocycles. The van der Waals surface area contributed by atoms with E-state index >= 15 is 0 Å². The molecule has 1 aromatic carbocycles. The predicted octanol–water partition coefficient (Wildman–Crippen LogP) is 3.73. The molecule has 0 bridgehead atoms. The van der Waals surface area contributed by atoms with E-state index in [1.54, 1.807) is 0 Å². The summed E-state index contributed by atoms with van der Waals surface area (Å²) in [6.45, 7) is 6.44. The van der Waals surface area contributed by atoms with Gasteiger partial charge in [-0.3, -0.25) is 4.99 Å². The first kappa shape index (κ1) is 10.2. The van der Waals surface area contributed by atoms with Crippen molar-refractivity contribution in [2.75, 3.05) is 0 Å². The van der Waals surface area contributed by atoms with Gasteiger partial charge in [-0.15, -0.1) is 0 Å². The molecule has 0 amide bonds. The molecule has 1 aliphatic heterocycles. The molecule has 1 atom stereocenters. The lowest BCUT2D eigenvalue weighted by Crippen LogP contribution is -2.15. The number of rotatable bonds is 1. The summed E-state index contributed by atoms with van der Waals surface area (Å²) in [4.78, 5) is 4.65. The van der Waals surface area contributed by atoms with Crippen molar-refractivity contribution in [2.45, 2.75) is 27.2 Å². The molecule has 0 N–H and O–H groups in total. The molecule has 1 heterocycles. The number of benzene rings is 1. The summed E-state index contributed by atoms with van der Waals surface area (Å²) in [5, 5.41) is 0. The average Bonchev–Trinajstić information content (AvgIpc) is 2.22. The quantitative estimate of drug-likeness (QED) is 0.653. The van der Waals surface area contributed by atoms with Gasteiger partial charge < -0.3 is 0 Å². The monoisotopic (exact) mass is 199 g/mol.